The lowest BCUT2D eigenvalue weighted by Gasteiger charge is -2.44. The Morgan fingerprint density at radius 1 is 1.33 bits per heavy atom. The first-order chi connectivity index (χ1) is 14.5. The van der Waals surface area contributed by atoms with Crippen molar-refractivity contribution in [2.75, 3.05) is 31.5 Å². The predicted octanol–water partition coefficient (Wildman–Crippen LogP) is 2.97. The lowest BCUT2D eigenvalue weighted by atomic mass is 9.84. The van der Waals surface area contributed by atoms with Gasteiger partial charge in [0, 0.05) is 36.2 Å². The van der Waals surface area contributed by atoms with Gasteiger partial charge >= 0.3 is 6.09 Å². The van der Waals surface area contributed by atoms with Crippen LogP contribution in [0, 0.1) is 5.92 Å². The number of nitrogens with one attached hydrogen (secondary N) is 3. The minimum atomic E-state index is -0.989. The van der Waals surface area contributed by atoms with E-state index in [1.165, 1.54) is 24.4 Å². The maximum Gasteiger partial charge on any atom is 0.404 e. The Kier molecular flexibility index (Phi) is 6.38. The van der Waals surface area contributed by atoms with Crippen molar-refractivity contribution in [2.24, 2.45) is 5.92 Å². The molecule has 5 rings (SSSR count). The molecule has 4 N–H and O–H groups in total. The second-order valence-electron chi connectivity index (χ2n) is 8.23. The van der Waals surface area contributed by atoms with Crippen LogP contribution in [0.15, 0.2) is 18.2 Å². The second-order valence-corrected chi connectivity index (χ2v) is 9.04. The number of amides is 2. The molecule has 2 atom stereocenters. The van der Waals surface area contributed by atoms with Crippen molar-refractivity contribution in [3.05, 3.63) is 23.9 Å². The maximum atomic E-state index is 12.9. The lowest BCUT2D eigenvalue weighted by molar-refractivity contribution is 0.0619. The van der Waals surface area contributed by atoms with Crippen LogP contribution >= 0.6 is 11.5 Å². The summed E-state index contributed by atoms with van der Waals surface area (Å²) in [5, 5.41) is 18.8. The van der Waals surface area contributed by atoms with Crippen LogP contribution in [0.3, 0.4) is 0 Å². The average Bonchev–Trinajstić information content (AvgIpc) is 3.17. The minimum absolute atomic E-state index is 0.0659. The molecule has 0 aliphatic carbocycles. The van der Waals surface area contributed by atoms with Gasteiger partial charge in [-0.2, -0.15) is 4.37 Å². The molecule has 2 amide bonds. The van der Waals surface area contributed by atoms with Crippen molar-refractivity contribution in [1.82, 2.24) is 19.9 Å². The van der Waals surface area contributed by atoms with E-state index in [4.69, 9.17) is 5.11 Å². The first-order valence-corrected chi connectivity index (χ1v) is 11.5. The summed E-state index contributed by atoms with van der Waals surface area (Å²) in [6.45, 7) is 5.88. The van der Waals surface area contributed by atoms with Crippen LogP contribution in [0.2, 0.25) is 0 Å². The zero-order valence-corrected chi connectivity index (χ0v) is 18.0. The molecule has 0 radical (unpaired) electrons. The van der Waals surface area contributed by atoms with Gasteiger partial charge in [-0.3, -0.25) is 4.79 Å². The first kappa shape index (κ1) is 20.9. The van der Waals surface area contributed by atoms with Crippen LogP contribution in [0.1, 0.15) is 43.1 Å². The molecule has 2 bridgehead atoms. The average molecular weight is 432 g/mol. The highest BCUT2D eigenvalue weighted by molar-refractivity contribution is 7.13. The van der Waals surface area contributed by atoms with E-state index in [0.717, 1.165) is 41.8 Å². The molecular formula is C21H29N5O3S. The number of hydrogen-bond donors (Lipinski definition) is 4. The summed E-state index contributed by atoms with van der Waals surface area (Å²) in [7, 11) is 0. The number of piperidine rings is 3. The zero-order chi connectivity index (χ0) is 21.1. The summed E-state index contributed by atoms with van der Waals surface area (Å²) in [6.07, 6.45) is 2.80. The normalized spacial score (nSPS) is 23.8. The maximum absolute atomic E-state index is 12.9. The first-order valence-electron chi connectivity index (χ1n) is 10.7. The largest absolute Gasteiger partial charge is 0.465 e. The Bertz CT molecular complexity index is 909. The van der Waals surface area contributed by atoms with Crippen LogP contribution in [0.4, 0.5) is 10.5 Å². The van der Waals surface area contributed by atoms with Gasteiger partial charge in [-0.25, -0.2) is 4.79 Å². The van der Waals surface area contributed by atoms with E-state index in [1.54, 1.807) is 0 Å². The Morgan fingerprint density at radius 3 is 2.80 bits per heavy atom. The lowest BCUT2D eigenvalue weighted by Crippen LogP contribution is -2.57. The number of carbonyl (C=O) groups excluding carboxylic acids is 1. The highest BCUT2D eigenvalue weighted by Crippen LogP contribution is 2.29. The second kappa shape index (κ2) is 9.18. The van der Waals surface area contributed by atoms with Gasteiger partial charge < -0.3 is 26.0 Å². The highest BCUT2D eigenvalue weighted by atomic mass is 32.1. The number of anilines is 1. The van der Waals surface area contributed by atoms with E-state index in [-0.39, 0.29) is 18.0 Å². The van der Waals surface area contributed by atoms with Gasteiger partial charge in [-0.05, 0) is 74.4 Å². The Balaban J connectivity index is 1.36. The van der Waals surface area contributed by atoms with Crippen LogP contribution in [-0.2, 0) is 0 Å². The zero-order valence-electron chi connectivity index (χ0n) is 17.2. The molecule has 3 fully saturated rings. The summed E-state index contributed by atoms with van der Waals surface area (Å²) < 4.78 is 5.40. The van der Waals surface area contributed by atoms with Gasteiger partial charge in [0.1, 0.15) is 5.69 Å². The van der Waals surface area contributed by atoms with Crippen LogP contribution in [0.25, 0.3) is 10.1 Å². The Hall–Kier alpha value is -2.39. The number of carboxylic acid groups (broad SMARTS) is 1. The molecule has 4 heterocycles. The van der Waals surface area contributed by atoms with Crippen molar-refractivity contribution in [3.8, 4) is 0 Å². The minimum Gasteiger partial charge on any atom is -0.465 e. The fourth-order valence-corrected chi connectivity index (χ4v) is 5.33. The Morgan fingerprint density at radius 2 is 2.13 bits per heavy atom. The van der Waals surface area contributed by atoms with Crippen molar-refractivity contribution >= 4 is 39.3 Å². The van der Waals surface area contributed by atoms with Crippen molar-refractivity contribution in [2.45, 2.75) is 44.7 Å². The highest BCUT2D eigenvalue weighted by Gasteiger charge is 2.35. The van der Waals surface area contributed by atoms with Gasteiger partial charge in [0.25, 0.3) is 5.91 Å². The summed E-state index contributed by atoms with van der Waals surface area (Å²) in [4.78, 5) is 26.1. The number of rotatable bonds is 8. The molecule has 30 heavy (non-hydrogen) atoms. The standard InChI is InChI=1S/C21H29N5O3S/c1-2-14(23-21(28)29)5-8-22-15-3-4-16-18(11-15)30-25-19(16)20(27)24-17-12-26-9-6-13(17)7-10-26/h3-4,11,13-14,17,22-23H,2,5-10,12H2,1H3,(H,24,27)(H,28,29)/t14?,17-/m1/s1. The van der Waals surface area contributed by atoms with Gasteiger partial charge in [-0.1, -0.05) is 6.92 Å². The molecule has 3 aliphatic heterocycles. The molecule has 8 nitrogen and oxygen atoms in total. The summed E-state index contributed by atoms with van der Waals surface area (Å²) in [6, 6.07) is 6.06. The molecule has 162 valence electrons. The molecule has 0 spiro atoms. The van der Waals surface area contributed by atoms with E-state index >= 15 is 0 Å². The smallest absolute Gasteiger partial charge is 0.404 e. The molecule has 3 saturated heterocycles. The van der Waals surface area contributed by atoms with Gasteiger partial charge in [0.15, 0.2) is 0 Å². The summed E-state index contributed by atoms with van der Waals surface area (Å²) >= 11 is 1.34. The van der Waals surface area contributed by atoms with E-state index in [1.807, 2.05) is 25.1 Å². The SMILES string of the molecule is CCC(CCNc1ccc2c(C(=O)N[C@@H]3CN4CCC3CC4)nsc2c1)NC(=O)O. The van der Waals surface area contributed by atoms with Crippen LogP contribution < -0.4 is 16.0 Å². The van der Waals surface area contributed by atoms with E-state index in [0.29, 0.717) is 24.6 Å². The van der Waals surface area contributed by atoms with Crippen molar-refractivity contribution in [3.63, 3.8) is 0 Å². The Labute approximate surface area is 180 Å². The third kappa shape index (κ3) is 4.67. The molecule has 2 aromatic rings. The van der Waals surface area contributed by atoms with E-state index < -0.39 is 6.09 Å². The molecule has 1 aromatic carbocycles. The van der Waals surface area contributed by atoms with E-state index in [9.17, 15) is 9.59 Å². The quantitative estimate of drug-likeness (QED) is 0.512. The van der Waals surface area contributed by atoms with Gasteiger partial charge in [0.05, 0.1) is 4.70 Å². The number of hydrogen-bond acceptors (Lipinski definition) is 6. The number of fused-ring (bicyclic) bond motifs is 4. The number of benzene rings is 1. The predicted molar refractivity (Wildman–Crippen MR) is 118 cm³/mol. The molecular weight excluding hydrogens is 402 g/mol. The number of aromatic nitrogens is 1. The fourth-order valence-electron chi connectivity index (χ4n) is 4.52. The molecule has 1 aromatic heterocycles. The topological polar surface area (TPSA) is 107 Å². The monoisotopic (exact) mass is 431 g/mol. The number of nitrogens with zero attached hydrogens (tertiary/aromatic N) is 2. The summed E-state index contributed by atoms with van der Waals surface area (Å²) in [5.41, 5.74) is 1.45. The third-order valence-corrected chi connectivity index (χ3v) is 7.11. The number of carbonyl (C=O) groups is 2. The van der Waals surface area contributed by atoms with Crippen LogP contribution in [-0.4, -0.2) is 64.6 Å². The van der Waals surface area contributed by atoms with Crippen LogP contribution in [0.5, 0.6) is 0 Å². The van der Waals surface area contributed by atoms with Gasteiger partial charge in [-0.15, -0.1) is 0 Å². The van der Waals surface area contributed by atoms with Crippen molar-refractivity contribution < 1.29 is 14.7 Å². The molecule has 9 heteroatoms. The van der Waals surface area contributed by atoms with Gasteiger partial charge in [0.2, 0.25) is 0 Å². The molecule has 1 unspecified atom stereocenters. The third-order valence-electron chi connectivity index (χ3n) is 6.30. The summed E-state index contributed by atoms with van der Waals surface area (Å²) in [5.74, 6) is 0.508. The molecule has 0 saturated carbocycles. The van der Waals surface area contributed by atoms with Crippen molar-refractivity contribution in [1.29, 1.82) is 0 Å². The molecule has 3 aliphatic rings. The van der Waals surface area contributed by atoms with E-state index in [2.05, 4.69) is 25.2 Å². The fraction of sp³-hybridized carbons (Fsp3) is 0.571.